The Hall–Kier alpha value is -0.410. The first-order chi connectivity index (χ1) is 9.82. The van der Waals surface area contributed by atoms with E-state index in [-0.39, 0.29) is 5.56 Å². The summed E-state index contributed by atoms with van der Waals surface area (Å²) in [6.07, 6.45) is -4.06. The fourth-order valence-corrected chi connectivity index (χ4v) is 3.92. The third kappa shape index (κ3) is 4.07. The van der Waals surface area contributed by atoms with Gasteiger partial charge in [0, 0.05) is 20.2 Å². The molecule has 114 valence electrons. The maximum Gasteiger partial charge on any atom is 0.416 e. The molecule has 1 unspecified atom stereocenters. The summed E-state index contributed by atoms with van der Waals surface area (Å²) >= 11 is 7.92. The predicted molar refractivity (Wildman–Crippen MR) is 84.9 cm³/mol. The van der Waals surface area contributed by atoms with Gasteiger partial charge in [0.2, 0.25) is 0 Å². The van der Waals surface area contributed by atoms with Crippen LogP contribution >= 0.6 is 43.2 Å². The zero-order chi connectivity index (χ0) is 15.6. The van der Waals surface area contributed by atoms with Crippen LogP contribution in [0.5, 0.6) is 0 Å². The Kier molecular flexibility index (Phi) is 5.48. The van der Waals surface area contributed by atoms with Crippen molar-refractivity contribution in [3.05, 3.63) is 54.6 Å². The van der Waals surface area contributed by atoms with Crippen LogP contribution in [0.1, 0.15) is 22.0 Å². The number of hydrogen-bond donors (Lipinski definition) is 2. The highest BCUT2D eigenvalue weighted by molar-refractivity contribution is 9.10. The lowest BCUT2D eigenvalue weighted by molar-refractivity contribution is -0.138. The molecule has 2 aromatic rings. The average Bonchev–Trinajstić information content (AvgIpc) is 2.81. The second-order valence-corrected chi connectivity index (χ2v) is 7.12. The second kappa shape index (κ2) is 6.78. The number of thiophene rings is 1. The monoisotopic (exact) mass is 442 g/mol. The zero-order valence-corrected chi connectivity index (χ0v) is 14.5. The van der Waals surface area contributed by atoms with E-state index in [2.05, 4.69) is 37.3 Å². The molecule has 2 rings (SSSR count). The van der Waals surface area contributed by atoms with Crippen molar-refractivity contribution in [1.82, 2.24) is 5.43 Å². The van der Waals surface area contributed by atoms with Gasteiger partial charge in [-0.2, -0.15) is 13.2 Å². The number of hydrogen-bond acceptors (Lipinski definition) is 3. The standard InChI is InChI=1S/C13H11Br2F3N2S/c14-7-1-2-8(9(5-7)13(16,17)18)11(20-19)6-12-10(15)3-4-21-12/h1-5,11,20H,6,19H2. The molecule has 0 amide bonds. The molecule has 8 heteroatoms. The van der Waals surface area contributed by atoms with Crippen LogP contribution in [0.3, 0.4) is 0 Å². The first-order valence-corrected chi connectivity index (χ1v) is 8.34. The number of alkyl halides is 3. The Labute approximate surface area is 140 Å². The maximum absolute atomic E-state index is 13.2. The van der Waals surface area contributed by atoms with E-state index in [1.165, 1.54) is 17.4 Å². The smallest absolute Gasteiger partial charge is 0.271 e. The molecule has 1 aromatic carbocycles. The molecular weight excluding hydrogens is 433 g/mol. The Morgan fingerprint density at radius 3 is 2.48 bits per heavy atom. The summed E-state index contributed by atoms with van der Waals surface area (Å²) in [6, 6.07) is 5.34. The van der Waals surface area contributed by atoms with Crippen molar-refractivity contribution in [2.45, 2.75) is 18.6 Å². The lowest BCUT2D eigenvalue weighted by Gasteiger charge is -2.21. The van der Waals surface area contributed by atoms with Gasteiger partial charge in [0.05, 0.1) is 11.6 Å². The Bertz CT molecular complexity index is 628. The van der Waals surface area contributed by atoms with Crippen LogP contribution in [-0.2, 0) is 12.6 Å². The summed E-state index contributed by atoms with van der Waals surface area (Å²) < 4.78 is 40.8. The van der Waals surface area contributed by atoms with Crippen molar-refractivity contribution in [3.63, 3.8) is 0 Å². The summed E-state index contributed by atoms with van der Waals surface area (Å²) in [5, 5.41) is 1.87. The second-order valence-electron chi connectivity index (χ2n) is 4.34. The summed E-state index contributed by atoms with van der Waals surface area (Å²) in [6.45, 7) is 0. The Balaban J connectivity index is 2.40. The molecule has 1 heterocycles. The van der Waals surface area contributed by atoms with Crippen molar-refractivity contribution in [2.24, 2.45) is 5.84 Å². The molecule has 0 aliphatic rings. The van der Waals surface area contributed by atoms with Gasteiger partial charge < -0.3 is 0 Å². The Morgan fingerprint density at radius 2 is 1.95 bits per heavy atom. The van der Waals surface area contributed by atoms with E-state index < -0.39 is 17.8 Å². The topological polar surface area (TPSA) is 38.0 Å². The highest BCUT2D eigenvalue weighted by Crippen LogP contribution is 2.38. The molecule has 21 heavy (non-hydrogen) atoms. The van der Waals surface area contributed by atoms with Crippen LogP contribution < -0.4 is 11.3 Å². The third-order valence-corrected chi connectivity index (χ3v) is 5.42. The van der Waals surface area contributed by atoms with Crippen LogP contribution in [0.15, 0.2) is 38.6 Å². The maximum atomic E-state index is 13.2. The van der Waals surface area contributed by atoms with Gasteiger partial charge in [-0.15, -0.1) is 11.3 Å². The average molecular weight is 444 g/mol. The summed E-state index contributed by atoms with van der Waals surface area (Å²) in [5.74, 6) is 5.48. The normalized spacial score (nSPS) is 13.4. The van der Waals surface area contributed by atoms with E-state index in [1.54, 1.807) is 6.07 Å². The van der Waals surface area contributed by atoms with Gasteiger partial charge in [-0.3, -0.25) is 11.3 Å². The summed E-state index contributed by atoms with van der Waals surface area (Å²) in [7, 11) is 0. The van der Waals surface area contributed by atoms with Gasteiger partial charge >= 0.3 is 6.18 Å². The highest BCUT2D eigenvalue weighted by atomic mass is 79.9. The van der Waals surface area contributed by atoms with Gasteiger partial charge in [-0.1, -0.05) is 22.0 Å². The van der Waals surface area contributed by atoms with E-state index in [9.17, 15) is 13.2 Å². The molecule has 0 aliphatic heterocycles. The van der Waals surface area contributed by atoms with Crippen LogP contribution in [0.25, 0.3) is 0 Å². The van der Waals surface area contributed by atoms with E-state index in [4.69, 9.17) is 5.84 Å². The van der Waals surface area contributed by atoms with E-state index >= 15 is 0 Å². The fourth-order valence-electron chi connectivity index (χ4n) is 1.99. The minimum absolute atomic E-state index is 0.133. The largest absolute Gasteiger partial charge is 0.416 e. The molecule has 1 aromatic heterocycles. The Morgan fingerprint density at radius 1 is 1.24 bits per heavy atom. The van der Waals surface area contributed by atoms with Crippen molar-refractivity contribution in [2.75, 3.05) is 0 Å². The molecule has 0 saturated heterocycles. The molecular formula is C13H11Br2F3N2S. The first kappa shape index (κ1) is 17.0. The van der Waals surface area contributed by atoms with Crippen LogP contribution in [0.2, 0.25) is 0 Å². The third-order valence-electron chi connectivity index (χ3n) is 2.98. The lowest BCUT2D eigenvalue weighted by Crippen LogP contribution is -2.31. The number of halogens is 5. The lowest BCUT2D eigenvalue weighted by atomic mass is 9.97. The summed E-state index contributed by atoms with van der Waals surface area (Å²) in [4.78, 5) is 0.939. The first-order valence-electron chi connectivity index (χ1n) is 5.87. The van der Waals surface area contributed by atoms with Gasteiger partial charge in [0.25, 0.3) is 0 Å². The van der Waals surface area contributed by atoms with Crippen molar-refractivity contribution < 1.29 is 13.2 Å². The summed E-state index contributed by atoms with van der Waals surface area (Å²) in [5.41, 5.74) is 1.93. The van der Waals surface area contributed by atoms with Crippen molar-refractivity contribution in [3.8, 4) is 0 Å². The van der Waals surface area contributed by atoms with Gasteiger partial charge in [0.15, 0.2) is 0 Å². The fraction of sp³-hybridized carbons (Fsp3) is 0.231. The van der Waals surface area contributed by atoms with Gasteiger partial charge in [-0.05, 0) is 45.1 Å². The quantitative estimate of drug-likeness (QED) is 0.513. The molecule has 0 spiro atoms. The zero-order valence-electron chi connectivity index (χ0n) is 10.5. The van der Waals surface area contributed by atoms with Gasteiger partial charge in [-0.25, -0.2) is 0 Å². The van der Waals surface area contributed by atoms with Crippen LogP contribution in [0.4, 0.5) is 13.2 Å². The molecule has 1 atom stereocenters. The number of benzene rings is 1. The molecule has 2 nitrogen and oxygen atoms in total. The van der Waals surface area contributed by atoms with Crippen molar-refractivity contribution >= 4 is 43.2 Å². The molecule has 0 aliphatic carbocycles. The minimum Gasteiger partial charge on any atom is -0.271 e. The minimum atomic E-state index is -4.43. The van der Waals surface area contributed by atoms with E-state index in [0.29, 0.717) is 10.9 Å². The molecule has 0 fully saturated rings. The van der Waals surface area contributed by atoms with Crippen LogP contribution in [-0.4, -0.2) is 0 Å². The van der Waals surface area contributed by atoms with Crippen LogP contribution in [0, 0.1) is 0 Å². The molecule has 3 N–H and O–H groups in total. The highest BCUT2D eigenvalue weighted by Gasteiger charge is 2.35. The van der Waals surface area contributed by atoms with E-state index in [0.717, 1.165) is 15.4 Å². The predicted octanol–water partition coefficient (Wildman–Crippen LogP) is 5.04. The molecule has 0 bridgehead atoms. The van der Waals surface area contributed by atoms with Gasteiger partial charge in [0.1, 0.15) is 0 Å². The number of nitrogens with two attached hydrogens (primary N) is 1. The van der Waals surface area contributed by atoms with Crippen molar-refractivity contribution in [1.29, 1.82) is 0 Å². The number of nitrogens with one attached hydrogen (secondary N) is 1. The number of rotatable bonds is 4. The number of hydrazine groups is 1. The SMILES string of the molecule is NNC(Cc1sccc1Br)c1ccc(Br)cc1C(F)(F)F. The molecule has 0 radical (unpaired) electrons. The molecule has 0 saturated carbocycles. The van der Waals surface area contributed by atoms with E-state index in [1.807, 2.05) is 11.4 Å².